The first-order valence-electron chi connectivity index (χ1n) is 8.17. The summed E-state index contributed by atoms with van der Waals surface area (Å²) in [6, 6.07) is 9.64. The number of ketones is 1. The quantitative estimate of drug-likeness (QED) is 0.861. The Bertz CT molecular complexity index is 500. The zero-order valence-corrected chi connectivity index (χ0v) is 13.2. The molecule has 0 aliphatic heterocycles. The highest BCUT2D eigenvalue weighted by molar-refractivity contribution is 5.80. The molecule has 2 rings (SSSR count). The summed E-state index contributed by atoms with van der Waals surface area (Å²) in [4.78, 5) is 25.1. The molecule has 22 heavy (non-hydrogen) atoms. The summed E-state index contributed by atoms with van der Waals surface area (Å²) in [5, 5.41) is 9.64. The predicted molar refractivity (Wildman–Crippen MR) is 85.7 cm³/mol. The van der Waals surface area contributed by atoms with Crippen molar-refractivity contribution < 1.29 is 14.7 Å². The highest BCUT2D eigenvalue weighted by Gasteiger charge is 2.35. The molecule has 0 aromatic heterocycles. The minimum atomic E-state index is -0.885. The Morgan fingerprint density at radius 3 is 2.68 bits per heavy atom. The zero-order chi connectivity index (χ0) is 15.9. The molecule has 4 heteroatoms. The molecular weight excluding hydrogens is 278 g/mol. The van der Waals surface area contributed by atoms with Crippen LogP contribution in [0.2, 0.25) is 0 Å². The van der Waals surface area contributed by atoms with E-state index in [2.05, 4.69) is 6.92 Å². The molecule has 0 spiro atoms. The van der Waals surface area contributed by atoms with Gasteiger partial charge in [0.1, 0.15) is 5.78 Å². The van der Waals surface area contributed by atoms with Crippen LogP contribution in [-0.4, -0.2) is 27.9 Å². The summed E-state index contributed by atoms with van der Waals surface area (Å²) >= 11 is 0. The van der Waals surface area contributed by atoms with Gasteiger partial charge in [0.05, 0.1) is 0 Å². The predicted octanol–water partition coefficient (Wildman–Crippen LogP) is 4.09. The van der Waals surface area contributed by atoms with Crippen molar-refractivity contribution >= 4 is 11.9 Å². The van der Waals surface area contributed by atoms with Gasteiger partial charge in [-0.1, -0.05) is 50.1 Å². The third-order valence-electron chi connectivity index (χ3n) is 4.52. The Morgan fingerprint density at radius 1 is 1.32 bits per heavy atom. The number of hydrogen-bond donors (Lipinski definition) is 1. The number of Topliss-reactive ketones (excluding diaryl/α,β-unsaturated/α-hetero) is 1. The number of rotatable bonds is 6. The lowest BCUT2D eigenvalue weighted by atomic mass is 9.80. The number of carbonyl (C=O) groups excluding carboxylic acids is 1. The lowest BCUT2D eigenvalue weighted by Gasteiger charge is -2.38. The molecule has 0 heterocycles. The minimum Gasteiger partial charge on any atom is -0.465 e. The molecule has 4 nitrogen and oxygen atoms in total. The van der Waals surface area contributed by atoms with E-state index in [9.17, 15) is 14.7 Å². The van der Waals surface area contributed by atoms with Crippen LogP contribution < -0.4 is 0 Å². The first kappa shape index (κ1) is 16.5. The molecule has 1 aromatic carbocycles. The number of benzene rings is 1. The number of carboxylic acid groups (broad SMARTS) is 1. The molecule has 0 saturated heterocycles. The Kier molecular flexibility index (Phi) is 5.99. The third kappa shape index (κ3) is 4.33. The van der Waals surface area contributed by atoms with E-state index in [1.54, 1.807) is 4.90 Å². The highest BCUT2D eigenvalue weighted by atomic mass is 16.4. The van der Waals surface area contributed by atoms with E-state index in [0.29, 0.717) is 25.8 Å². The number of nitrogens with zero attached hydrogens (tertiary/aromatic N) is 1. The van der Waals surface area contributed by atoms with Crippen LogP contribution in [0.3, 0.4) is 0 Å². The molecule has 1 saturated carbocycles. The third-order valence-corrected chi connectivity index (χ3v) is 4.52. The van der Waals surface area contributed by atoms with Crippen molar-refractivity contribution in [3.63, 3.8) is 0 Å². The van der Waals surface area contributed by atoms with Crippen molar-refractivity contribution in [2.45, 2.75) is 58.0 Å². The van der Waals surface area contributed by atoms with E-state index >= 15 is 0 Å². The Hall–Kier alpha value is -1.84. The highest BCUT2D eigenvalue weighted by Crippen LogP contribution is 2.31. The SMILES string of the molecule is CCCC[C@@H]1CC(=O)CC[C@@H]1N(Cc1ccccc1)C(=O)O. The number of amides is 1. The van der Waals surface area contributed by atoms with Gasteiger partial charge in [-0.15, -0.1) is 0 Å². The van der Waals surface area contributed by atoms with Crippen LogP contribution >= 0.6 is 0 Å². The topological polar surface area (TPSA) is 57.6 Å². The lowest BCUT2D eigenvalue weighted by Crippen LogP contribution is -2.46. The van der Waals surface area contributed by atoms with Crippen molar-refractivity contribution in [3.05, 3.63) is 35.9 Å². The summed E-state index contributed by atoms with van der Waals surface area (Å²) in [5.41, 5.74) is 0.996. The van der Waals surface area contributed by atoms with E-state index in [0.717, 1.165) is 24.8 Å². The summed E-state index contributed by atoms with van der Waals surface area (Å²) in [7, 11) is 0. The van der Waals surface area contributed by atoms with E-state index in [1.165, 1.54) is 0 Å². The normalized spacial score (nSPS) is 21.6. The Morgan fingerprint density at radius 2 is 2.05 bits per heavy atom. The standard InChI is InChI=1S/C18H25NO3/c1-2-3-9-15-12-16(20)10-11-17(15)19(18(21)22)13-14-7-5-4-6-8-14/h4-8,15,17H,2-3,9-13H2,1H3,(H,21,22)/t15-,17+/m1/s1. The summed E-state index contributed by atoms with van der Waals surface area (Å²) in [6.07, 6.45) is 3.87. The number of unbranched alkanes of at least 4 members (excludes halogenated alkanes) is 1. The van der Waals surface area contributed by atoms with Crippen LogP contribution in [0.5, 0.6) is 0 Å². The van der Waals surface area contributed by atoms with Gasteiger partial charge in [-0.25, -0.2) is 4.79 Å². The molecule has 2 atom stereocenters. The fraction of sp³-hybridized carbons (Fsp3) is 0.556. The van der Waals surface area contributed by atoms with Gasteiger partial charge in [0.25, 0.3) is 0 Å². The van der Waals surface area contributed by atoms with Gasteiger partial charge in [-0.2, -0.15) is 0 Å². The van der Waals surface area contributed by atoms with Gasteiger partial charge in [-0.3, -0.25) is 4.79 Å². The smallest absolute Gasteiger partial charge is 0.407 e. The molecular formula is C18H25NO3. The second-order valence-corrected chi connectivity index (χ2v) is 6.15. The average Bonchev–Trinajstić information content (AvgIpc) is 2.52. The molecule has 0 radical (unpaired) electrons. The van der Waals surface area contributed by atoms with Crippen molar-refractivity contribution in [1.29, 1.82) is 0 Å². The van der Waals surface area contributed by atoms with Gasteiger partial charge in [0, 0.05) is 25.4 Å². The monoisotopic (exact) mass is 303 g/mol. The maximum Gasteiger partial charge on any atom is 0.407 e. The Balaban J connectivity index is 2.13. The number of hydrogen-bond acceptors (Lipinski definition) is 2. The van der Waals surface area contributed by atoms with Crippen molar-refractivity contribution in [2.24, 2.45) is 5.92 Å². The van der Waals surface area contributed by atoms with E-state index in [4.69, 9.17) is 0 Å². The van der Waals surface area contributed by atoms with E-state index < -0.39 is 6.09 Å². The van der Waals surface area contributed by atoms with E-state index in [-0.39, 0.29) is 17.7 Å². The molecule has 120 valence electrons. The Labute approximate surface area is 132 Å². The maximum atomic E-state index is 11.8. The second kappa shape index (κ2) is 7.97. The van der Waals surface area contributed by atoms with Gasteiger partial charge in [0.2, 0.25) is 0 Å². The average molecular weight is 303 g/mol. The molecule has 0 bridgehead atoms. The maximum absolute atomic E-state index is 11.8. The summed E-state index contributed by atoms with van der Waals surface area (Å²) < 4.78 is 0. The molecule has 1 N–H and O–H groups in total. The number of carbonyl (C=O) groups is 2. The van der Waals surface area contributed by atoms with Gasteiger partial charge in [-0.05, 0) is 24.3 Å². The van der Waals surface area contributed by atoms with Crippen molar-refractivity contribution in [3.8, 4) is 0 Å². The van der Waals surface area contributed by atoms with Crippen molar-refractivity contribution in [1.82, 2.24) is 4.90 Å². The first-order valence-corrected chi connectivity index (χ1v) is 8.17. The van der Waals surface area contributed by atoms with E-state index in [1.807, 2.05) is 30.3 Å². The largest absolute Gasteiger partial charge is 0.465 e. The second-order valence-electron chi connectivity index (χ2n) is 6.15. The van der Waals surface area contributed by atoms with Gasteiger partial charge < -0.3 is 10.0 Å². The molecule has 1 aromatic rings. The van der Waals surface area contributed by atoms with Crippen LogP contribution in [0, 0.1) is 5.92 Å². The van der Waals surface area contributed by atoms with Crippen LogP contribution in [-0.2, 0) is 11.3 Å². The van der Waals surface area contributed by atoms with Crippen LogP contribution in [0.25, 0.3) is 0 Å². The fourth-order valence-corrected chi connectivity index (χ4v) is 3.35. The molecule has 0 unspecified atom stereocenters. The molecule has 1 amide bonds. The molecule has 1 fully saturated rings. The first-order chi connectivity index (χ1) is 10.6. The minimum absolute atomic E-state index is 0.0399. The van der Waals surface area contributed by atoms with Crippen LogP contribution in [0.4, 0.5) is 4.79 Å². The van der Waals surface area contributed by atoms with Crippen LogP contribution in [0.15, 0.2) is 30.3 Å². The van der Waals surface area contributed by atoms with Crippen molar-refractivity contribution in [2.75, 3.05) is 0 Å². The lowest BCUT2D eigenvalue weighted by molar-refractivity contribution is -0.123. The molecule has 1 aliphatic rings. The summed E-state index contributed by atoms with van der Waals surface area (Å²) in [5.74, 6) is 0.448. The van der Waals surface area contributed by atoms with Crippen LogP contribution in [0.1, 0.15) is 51.0 Å². The summed E-state index contributed by atoms with van der Waals surface area (Å²) in [6.45, 7) is 2.52. The van der Waals surface area contributed by atoms with Gasteiger partial charge >= 0.3 is 6.09 Å². The molecule has 1 aliphatic carbocycles. The fourth-order valence-electron chi connectivity index (χ4n) is 3.35. The van der Waals surface area contributed by atoms with Gasteiger partial charge in [0.15, 0.2) is 0 Å². The zero-order valence-electron chi connectivity index (χ0n) is 13.2.